The Kier molecular flexibility index (Phi) is 4.79. The third-order valence-corrected chi connectivity index (χ3v) is 4.93. The number of nitrogens with zero attached hydrogens (tertiary/aromatic N) is 2. The van der Waals surface area contributed by atoms with Crippen molar-refractivity contribution in [3.63, 3.8) is 0 Å². The molecule has 0 bridgehead atoms. The van der Waals surface area contributed by atoms with Crippen LogP contribution in [0.1, 0.15) is 37.8 Å². The first-order chi connectivity index (χ1) is 10.7. The predicted octanol–water partition coefficient (Wildman–Crippen LogP) is 2.03. The fourth-order valence-electron chi connectivity index (χ4n) is 3.38. The first-order valence-electron chi connectivity index (χ1n) is 8.48. The topological polar surface area (TPSA) is 35.6 Å². The van der Waals surface area contributed by atoms with E-state index in [1.807, 2.05) is 37.4 Å². The smallest absolute Gasteiger partial charge is 0.242 e. The molecule has 4 nitrogen and oxygen atoms in total. The summed E-state index contributed by atoms with van der Waals surface area (Å²) in [6, 6.07) is 11.0. The Balaban J connectivity index is 1.64. The van der Waals surface area contributed by atoms with Gasteiger partial charge in [-0.25, -0.2) is 0 Å². The summed E-state index contributed by atoms with van der Waals surface area (Å²) in [5.41, 5.74) is 1.07. The summed E-state index contributed by atoms with van der Waals surface area (Å²) in [6.07, 6.45) is 3.76. The van der Waals surface area contributed by atoms with Crippen LogP contribution in [0.5, 0.6) is 0 Å². The lowest BCUT2D eigenvalue weighted by Crippen LogP contribution is -2.44. The lowest BCUT2D eigenvalue weighted by Gasteiger charge is -2.28. The van der Waals surface area contributed by atoms with E-state index in [1.165, 1.54) is 12.8 Å². The highest BCUT2D eigenvalue weighted by atomic mass is 16.2. The summed E-state index contributed by atoms with van der Waals surface area (Å²) in [7, 11) is 2.02. The van der Waals surface area contributed by atoms with Crippen molar-refractivity contribution < 1.29 is 4.79 Å². The molecule has 0 spiro atoms. The van der Waals surface area contributed by atoms with Gasteiger partial charge in [0.1, 0.15) is 6.04 Å². The van der Waals surface area contributed by atoms with E-state index >= 15 is 0 Å². The van der Waals surface area contributed by atoms with Gasteiger partial charge in [-0.05, 0) is 38.4 Å². The third kappa shape index (κ3) is 3.50. The molecule has 1 aromatic carbocycles. The van der Waals surface area contributed by atoms with Crippen molar-refractivity contribution in [3.8, 4) is 0 Å². The van der Waals surface area contributed by atoms with Crippen LogP contribution in [0.4, 0.5) is 0 Å². The van der Waals surface area contributed by atoms with Gasteiger partial charge in [-0.1, -0.05) is 37.3 Å². The Morgan fingerprint density at radius 3 is 2.68 bits per heavy atom. The summed E-state index contributed by atoms with van der Waals surface area (Å²) in [6.45, 7) is 5.10. The normalized spacial score (nSPS) is 23.7. The standard InChI is InChI=1S/C18H27N3O/c1-3-20(2)17(14-7-5-4-6-8-14)18(22)19-15-11-12-21(13-15)16-9-10-16/h4-8,15-17H,3,9-13H2,1-2H3,(H,19,22)/t15-,17+/m0/s1. The Bertz CT molecular complexity index is 500. The van der Waals surface area contributed by atoms with Gasteiger partial charge in [-0.15, -0.1) is 0 Å². The number of rotatable bonds is 6. The van der Waals surface area contributed by atoms with Crippen LogP contribution in [-0.4, -0.2) is 54.5 Å². The highest BCUT2D eigenvalue weighted by molar-refractivity contribution is 5.83. The van der Waals surface area contributed by atoms with E-state index in [0.717, 1.165) is 37.7 Å². The minimum atomic E-state index is -0.193. The molecule has 1 amide bonds. The second-order valence-corrected chi connectivity index (χ2v) is 6.61. The van der Waals surface area contributed by atoms with Gasteiger partial charge < -0.3 is 5.32 Å². The molecular weight excluding hydrogens is 274 g/mol. The minimum absolute atomic E-state index is 0.137. The lowest BCUT2D eigenvalue weighted by molar-refractivity contribution is -0.126. The maximum atomic E-state index is 12.8. The number of carbonyl (C=O) groups is 1. The maximum absolute atomic E-state index is 12.8. The van der Waals surface area contributed by atoms with Crippen LogP contribution in [-0.2, 0) is 4.79 Å². The van der Waals surface area contributed by atoms with Gasteiger partial charge in [-0.2, -0.15) is 0 Å². The molecule has 1 aromatic rings. The lowest BCUT2D eigenvalue weighted by atomic mass is 10.0. The quantitative estimate of drug-likeness (QED) is 0.873. The molecule has 22 heavy (non-hydrogen) atoms. The van der Waals surface area contributed by atoms with Crippen LogP contribution in [0.3, 0.4) is 0 Å². The molecule has 1 saturated heterocycles. The van der Waals surface area contributed by atoms with Crippen LogP contribution in [0.15, 0.2) is 30.3 Å². The number of benzene rings is 1. The fraction of sp³-hybridized carbons (Fsp3) is 0.611. The van der Waals surface area contributed by atoms with Gasteiger partial charge in [-0.3, -0.25) is 14.6 Å². The van der Waals surface area contributed by atoms with Crippen LogP contribution in [0.25, 0.3) is 0 Å². The molecule has 0 aromatic heterocycles. The average Bonchev–Trinajstić information content (AvgIpc) is 3.29. The Labute approximate surface area is 133 Å². The zero-order valence-corrected chi connectivity index (χ0v) is 13.7. The van der Waals surface area contributed by atoms with E-state index in [9.17, 15) is 4.79 Å². The highest BCUT2D eigenvalue weighted by Crippen LogP contribution is 2.30. The van der Waals surface area contributed by atoms with Crippen LogP contribution >= 0.6 is 0 Å². The first-order valence-corrected chi connectivity index (χ1v) is 8.48. The molecular formula is C18H27N3O. The summed E-state index contributed by atoms with van der Waals surface area (Å²) < 4.78 is 0. The molecule has 2 atom stereocenters. The molecule has 3 rings (SSSR count). The van der Waals surface area contributed by atoms with Gasteiger partial charge in [0.25, 0.3) is 0 Å². The van der Waals surface area contributed by atoms with Crippen LogP contribution < -0.4 is 5.32 Å². The number of likely N-dealkylation sites (N-methyl/N-ethyl adjacent to an activating group) is 1. The molecule has 4 heteroatoms. The summed E-state index contributed by atoms with van der Waals surface area (Å²) in [5.74, 6) is 0.137. The number of hydrogen-bond acceptors (Lipinski definition) is 3. The van der Waals surface area contributed by atoms with E-state index in [1.54, 1.807) is 0 Å². The number of likely N-dealkylation sites (tertiary alicyclic amines) is 1. The van der Waals surface area contributed by atoms with Crippen molar-refractivity contribution in [1.82, 2.24) is 15.1 Å². The summed E-state index contributed by atoms with van der Waals surface area (Å²) >= 11 is 0. The Hall–Kier alpha value is -1.39. The number of carbonyl (C=O) groups excluding carboxylic acids is 1. The van der Waals surface area contributed by atoms with Crippen molar-refractivity contribution in [1.29, 1.82) is 0 Å². The minimum Gasteiger partial charge on any atom is -0.350 e. The fourth-order valence-corrected chi connectivity index (χ4v) is 3.38. The molecule has 2 fully saturated rings. The largest absolute Gasteiger partial charge is 0.350 e. The van der Waals surface area contributed by atoms with Gasteiger partial charge >= 0.3 is 0 Å². The predicted molar refractivity (Wildman–Crippen MR) is 88.6 cm³/mol. The van der Waals surface area contributed by atoms with E-state index in [4.69, 9.17) is 0 Å². The van der Waals surface area contributed by atoms with Gasteiger partial charge in [0.05, 0.1) is 0 Å². The Morgan fingerprint density at radius 2 is 2.05 bits per heavy atom. The SMILES string of the molecule is CCN(C)[C@@H](C(=O)N[C@H]1CCN(C2CC2)C1)c1ccccc1. The van der Waals surface area contributed by atoms with E-state index in [0.29, 0.717) is 6.04 Å². The van der Waals surface area contributed by atoms with Crippen LogP contribution in [0.2, 0.25) is 0 Å². The van der Waals surface area contributed by atoms with Gasteiger partial charge in [0.15, 0.2) is 0 Å². The first kappa shape index (κ1) is 15.5. The molecule has 0 unspecified atom stereocenters. The van der Waals surface area contributed by atoms with Crippen molar-refractivity contribution in [2.75, 3.05) is 26.7 Å². The van der Waals surface area contributed by atoms with Crippen molar-refractivity contribution >= 4 is 5.91 Å². The zero-order valence-electron chi connectivity index (χ0n) is 13.7. The van der Waals surface area contributed by atoms with Crippen LogP contribution in [0, 0.1) is 0 Å². The molecule has 1 heterocycles. The summed E-state index contributed by atoms with van der Waals surface area (Å²) in [5, 5.41) is 3.28. The van der Waals surface area contributed by atoms with E-state index in [2.05, 4.69) is 22.0 Å². The number of hydrogen-bond donors (Lipinski definition) is 1. The van der Waals surface area contributed by atoms with Crippen molar-refractivity contribution in [2.24, 2.45) is 0 Å². The molecule has 2 aliphatic rings. The van der Waals surface area contributed by atoms with Gasteiger partial charge in [0, 0.05) is 25.2 Å². The highest BCUT2D eigenvalue weighted by Gasteiger charge is 2.36. The number of nitrogens with one attached hydrogen (secondary N) is 1. The number of amides is 1. The summed E-state index contributed by atoms with van der Waals surface area (Å²) in [4.78, 5) is 17.5. The molecule has 1 aliphatic heterocycles. The Morgan fingerprint density at radius 1 is 1.32 bits per heavy atom. The molecule has 1 aliphatic carbocycles. The third-order valence-electron chi connectivity index (χ3n) is 4.93. The van der Waals surface area contributed by atoms with Gasteiger partial charge in [0.2, 0.25) is 5.91 Å². The zero-order chi connectivity index (χ0) is 15.5. The van der Waals surface area contributed by atoms with Crippen molar-refractivity contribution in [2.45, 2.75) is 44.3 Å². The van der Waals surface area contributed by atoms with E-state index in [-0.39, 0.29) is 11.9 Å². The second-order valence-electron chi connectivity index (χ2n) is 6.61. The molecule has 1 N–H and O–H groups in total. The molecule has 0 radical (unpaired) electrons. The molecule has 1 saturated carbocycles. The second kappa shape index (κ2) is 6.80. The van der Waals surface area contributed by atoms with E-state index < -0.39 is 0 Å². The molecule has 120 valence electrons. The average molecular weight is 301 g/mol. The maximum Gasteiger partial charge on any atom is 0.242 e. The monoisotopic (exact) mass is 301 g/mol. The van der Waals surface area contributed by atoms with Crippen molar-refractivity contribution in [3.05, 3.63) is 35.9 Å².